The van der Waals surface area contributed by atoms with Crippen LogP contribution >= 0.6 is 11.6 Å². The number of aliphatic hydroxyl groups excluding tert-OH is 1. The van der Waals surface area contributed by atoms with E-state index in [4.69, 9.17) is 16.7 Å². The highest BCUT2D eigenvalue weighted by atomic mass is 35.5. The average molecular weight is 229 g/mol. The van der Waals surface area contributed by atoms with E-state index in [9.17, 15) is 17.6 Å². The van der Waals surface area contributed by atoms with E-state index in [0.717, 1.165) is 0 Å². The standard InChI is InChI=1S/C8H5ClF4O/c9-2-5(14)3-1-4(10)7(12)8(13)6(3)11/h1,5,14H,2H2. The van der Waals surface area contributed by atoms with Gasteiger partial charge in [-0.3, -0.25) is 0 Å². The molecule has 0 saturated carbocycles. The van der Waals surface area contributed by atoms with E-state index in [1.54, 1.807) is 0 Å². The maximum Gasteiger partial charge on any atom is 0.197 e. The number of alkyl halides is 1. The fourth-order valence-electron chi connectivity index (χ4n) is 0.917. The minimum atomic E-state index is -1.95. The predicted molar refractivity (Wildman–Crippen MR) is 42.0 cm³/mol. The highest BCUT2D eigenvalue weighted by Gasteiger charge is 2.22. The molecule has 0 aliphatic rings. The third-order valence-electron chi connectivity index (χ3n) is 1.64. The van der Waals surface area contributed by atoms with Gasteiger partial charge in [0.25, 0.3) is 0 Å². The van der Waals surface area contributed by atoms with E-state index in [2.05, 4.69) is 0 Å². The molecule has 0 amide bonds. The molecule has 1 unspecified atom stereocenters. The maximum atomic E-state index is 12.9. The number of hydrogen-bond donors (Lipinski definition) is 1. The molecular formula is C8H5ClF4O. The Labute approximate surface area is 81.9 Å². The fraction of sp³-hybridized carbons (Fsp3) is 0.250. The molecule has 0 aliphatic heterocycles. The van der Waals surface area contributed by atoms with E-state index in [0.29, 0.717) is 6.07 Å². The van der Waals surface area contributed by atoms with Gasteiger partial charge in [0.2, 0.25) is 0 Å². The molecule has 1 aromatic carbocycles. The molecule has 1 aromatic rings. The zero-order chi connectivity index (χ0) is 10.9. The van der Waals surface area contributed by atoms with Crippen molar-refractivity contribution in [1.29, 1.82) is 0 Å². The van der Waals surface area contributed by atoms with Gasteiger partial charge in [-0.2, -0.15) is 0 Å². The van der Waals surface area contributed by atoms with Gasteiger partial charge in [0.15, 0.2) is 23.3 Å². The van der Waals surface area contributed by atoms with Crippen LogP contribution in [0.15, 0.2) is 6.07 Å². The minimum absolute atomic E-state index is 0.376. The molecule has 78 valence electrons. The average Bonchev–Trinajstić information content (AvgIpc) is 2.19. The normalized spacial score (nSPS) is 13.0. The molecule has 0 radical (unpaired) electrons. The molecule has 1 rings (SSSR count). The van der Waals surface area contributed by atoms with Crippen molar-refractivity contribution in [1.82, 2.24) is 0 Å². The lowest BCUT2D eigenvalue weighted by Crippen LogP contribution is -2.07. The van der Waals surface area contributed by atoms with Crippen LogP contribution in [0.4, 0.5) is 17.6 Å². The summed E-state index contributed by atoms with van der Waals surface area (Å²) < 4.78 is 50.5. The molecule has 0 fully saturated rings. The van der Waals surface area contributed by atoms with Crippen LogP contribution in [0.2, 0.25) is 0 Å². The van der Waals surface area contributed by atoms with Crippen LogP contribution in [0.1, 0.15) is 11.7 Å². The van der Waals surface area contributed by atoms with Gasteiger partial charge in [0.1, 0.15) is 0 Å². The topological polar surface area (TPSA) is 20.2 Å². The molecule has 1 atom stereocenters. The molecule has 0 saturated heterocycles. The molecule has 0 bridgehead atoms. The molecule has 0 spiro atoms. The third kappa shape index (κ3) is 1.83. The first-order chi connectivity index (χ1) is 6.49. The van der Waals surface area contributed by atoms with Gasteiger partial charge < -0.3 is 5.11 Å². The Morgan fingerprint density at radius 3 is 2.21 bits per heavy atom. The lowest BCUT2D eigenvalue weighted by atomic mass is 10.1. The van der Waals surface area contributed by atoms with Crippen molar-refractivity contribution in [2.75, 3.05) is 5.88 Å². The lowest BCUT2D eigenvalue weighted by molar-refractivity contribution is 0.194. The second kappa shape index (κ2) is 4.14. The third-order valence-corrected chi connectivity index (χ3v) is 1.93. The summed E-state index contributed by atoms with van der Waals surface area (Å²) >= 11 is 5.15. The van der Waals surface area contributed by atoms with Crippen molar-refractivity contribution in [2.45, 2.75) is 6.10 Å². The maximum absolute atomic E-state index is 12.9. The zero-order valence-electron chi connectivity index (χ0n) is 6.70. The van der Waals surface area contributed by atoms with Gasteiger partial charge in [0.05, 0.1) is 12.0 Å². The summed E-state index contributed by atoms with van der Waals surface area (Å²) in [4.78, 5) is 0. The van der Waals surface area contributed by atoms with Crippen molar-refractivity contribution in [3.05, 3.63) is 34.9 Å². The largest absolute Gasteiger partial charge is 0.387 e. The van der Waals surface area contributed by atoms with Gasteiger partial charge in [0, 0.05) is 5.56 Å². The Hall–Kier alpha value is -0.810. The van der Waals surface area contributed by atoms with Crippen molar-refractivity contribution in [2.24, 2.45) is 0 Å². The SMILES string of the molecule is OC(CCl)c1cc(F)c(F)c(F)c1F. The first-order valence-corrected chi connectivity index (χ1v) is 4.09. The number of rotatable bonds is 2. The first kappa shape index (κ1) is 11.3. The smallest absolute Gasteiger partial charge is 0.197 e. The van der Waals surface area contributed by atoms with Crippen LogP contribution in [0.25, 0.3) is 0 Å². The van der Waals surface area contributed by atoms with Gasteiger partial charge in [-0.25, -0.2) is 17.6 Å². The van der Waals surface area contributed by atoms with Crippen LogP contribution in [0, 0.1) is 23.3 Å². The molecule has 0 heterocycles. The van der Waals surface area contributed by atoms with E-state index in [1.165, 1.54) is 0 Å². The van der Waals surface area contributed by atoms with Crippen molar-refractivity contribution in [3.8, 4) is 0 Å². The molecule has 14 heavy (non-hydrogen) atoms. The summed E-state index contributed by atoms with van der Waals surface area (Å²) in [7, 11) is 0. The first-order valence-electron chi connectivity index (χ1n) is 3.56. The molecule has 1 N–H and O–H groups in total. The summed E-state index contributed by atoms with van der Waals surface area (Å²) in [5.41, 5.74) is -0.698. The highest BCUT2D eigenvalue weighted by molar-refractivity contribution is 6.18. The highest BCUT2D eigenvalue weighted by Crippen LogP contribution is 2.24. The van der Waals surface area contributed by atoms with Gasteiger partial charge in [-0.15, -0.1) is 11.6 Å². The van der Waals surface area contributed by atoms with Gasteiger partial charge in [-0.1, -0.05) is 0 Å². The molecule has 1 nitrogen and oxygen atoms in total. The Bertz CT molecular complexity index is 356. The van der Waals surface area contributed by atoms with Crippen molar-refractivity contribution in [3.63, 3.8) is 0 Å². The Morgan fingerprint density at radius 2 is 1.71 bits per heavy atom. The second-order valence-corrected chi connectivity index (χ2v) is 2.87. The van der Waals surface area contributed by atoms with Crippen LogP contribution in [0.5, 0.6) is 0 Å². The summed E-state index contributed by atoms with van der Waals surface area (Å²) in [5.74, 6) is -7.50. The summed E-state index contributed by atoms with van der Waals surface area (Å²) in [6, 6.07) is 0.376. The Morgan fingerprint density at radius 1 is 1.14 bits per heavy atom. The fourth-order valence-corrected chi connectivity index (χ4v) is 1.08. The van der Waals surface area contributed by atoms with Crippen molar-refractivity contribution >= 4 is 11.6 Å². The number of halogens is 5. The molecular weight excluding hydrogens is 224 g/mol. The molecule has 0 aliphatic carbocycles. The van der Waals surface area contributed by atoms with E-state index in [-0.39, 0.29) is 0 Å². The molecule has 6 heteroatoms. The zero-order valence-corrected chi connectivity index (χ0v) is 7.45. The lowest BCUT2D eigenvalue weighted by Gasteiger charge is -2.09. The van der Waals surface area contributed by atoms with Crippen LogP contribution < -0.4 is 0 Å². The van der Waals surface area contributed by atoms with Gasteiger partial charge >= 0.3 is 0 Å². The van der Waals surface area contributed by atoms with E-state index in [1.807, 2.05) is 0 Å². The monoisotopic (exact) mass is 228 g/mol. The van der Waals surface area contributed by atoms with E-state index < -0.39 is 40.8 Å². The summed E-state index contributed by atoms with van der Waals surface area (Å²) in [6.45, 7) is 0. The Balaban J connectivity index is 3.33. The van der Waals surface area contributed by atoms with Crippen LogP contribution in [-0.2, 0) is 0 Å². The van der Waals surface area contributed by atoms with Crippen molar-refractivity contribution < 1.29 is 22.7 Å². The number of aliphatic hydroxyl groups is 1. The number of benzene rings is 1. The number of hydrogen-bond acceptors (Lipinski definition) is 1. The predicted octanol–water partition coefficient (Wildman–Crippen LogP) is 2.52. The van der Waals surface area contributed by atoms with Crippen LogP contribution in [-0.4, -0.2) is 11.0 Å². The minimum Gasteiger partial charge on any atom is -0.387 e. The summed E-state index contributed by atoms with van der Waals surface area (Å²) in [5, 5.41) is 9.02. The second-order valence-electron chi connectivity index (χ2n) is 2.56. The van der Waals surface area contributed by atoms with E-state index >= 15 is 0 Å². The summed E-state index contributed by atoms with van der Waals surface area (Å²) in [6.07, 6.45) is -1.57. The quantitative estimate of drug-likeness (QED) is 0.357. The van der Waals surface area contributed by atoms with Crippen LogP contribution in [0.3, 0.4) is 0 Å². The Kier molecular flexibility index (Phi) is 3.34. The molecule has 0 aromatic heterocycles. The van der Waals surface area contributed by atoms with Gasteiger partial charge in [-0.05, 0) is 6.07 Å².